The van der Waals surface area contributed by atoms with Crippen LogP contribution in [0.3, 0.4) is 0 Å². The minimum absolute atomic E-state index is 0.132. The maximum Gasteiger partial charge on any atom is 0.407 e. The predicted molar refractivity (Wildman–Crippen MR) is 102 cm³/mol. The van der Waals surface area contributed by atoms with Gasteiger partial charge in [-0.1, -0.05) is 34.1 Å². The van der Waals surface area contributed by atoms with E-state index in [9.17, 15) is 19.8 Å². The van der Waals surface area contributed by atoms with Crippen molar-refractivity contribution in [3.63, 3.8) is 0 Å². The van der Waals surface area contributed by atoms with Crippen LogP contribution in [0, 0.1) is 11.8 Å². The van der Waals surface area contributed by atoms with Crippen molar-refractivity contribution in [1.82, 2.24) is 10.6 Å². The molecular formula is C19H38N2O5. The van der Waals surface area contributed by atoms with Gasteiger partial charge in [-0.05, 0) is 39.0 Å². The van der Waals surface area contributed by atoms with Crippen LogP contribution < -0.4 is 10.6 Å². The highest BCUT2D eigenvalue weighted by atomic mass is 16.6. The van der Waals surface area contributed by atoms with Gasteiger partial charge < -0.3 is 25.6 Å². The van der Waals surface area contributed by atoms with Crippen molar-refractivity contribution < 1.29 is 24.5 Å². The Hall–Kier alpha value is -1.34. The van der Waals surface area contributed by atoms with Gasteiger partial charge >= 0.3 is 6.09 Å². The molecule has 0 saturated carbocycles. The number of ether oxygens (including phenoxy) is 1. The maximum atomic E-state index is 12.2. The summed E-state index contributed by atoms with van der Waals surface area (Å²) >= 11 is 0. The number of rotatable bonds is 10. The summed E-state index contributed by atoms with van der Waals surface area (Å²) in [7, 11) is 0. The Kier molecular flexibility index (Phi) is 10.8. The molecule has 0 rings (SSSR count). The van der Waals surface area contributed by atoms with E-state index in [1.807, 2.05) is 27.7 Å². The molecule has 0 aliphatic carbocycles. The van der Waals surface area contributed by atoms with Crippen molar-refractivity contribution >= 4 is 12.0 Å². The first-order valence-corrected chi connectivity index (χ1v) is 9.47. The lowest BCUT2D eigenvalue weighted by molar-refractivity contribution is -0.125. The van der Waals surface area contributed by atoms with Crippen LogP contribution in [0.4, 0.5) is 4.79 Å². The molecule has 4 atom stereocenters. The second kappa shape index (κ2) is 11.4. The highest BCUT2D eigenvalue weighted by Gasteiger charge is 2.28. The third-order valence-corrected chi connectivity index (χ3v) is 4.16. The number of nitrogens with one attached hydrogen (secondary N) is 2. The molecule has 2 amide bonds. The molecule has 0 aromatic heterocycles. The molecule has 0 fully saturated rings. The Balaban J connectivity index is 4.83. The van der Waals surface area contributed by atoms with E-state index >= 15 is 0 Å². The van der Waals surface area contributed by atoms with Crippen LogP contribution in [0.2, 0.25) is 0 Å². The molecule has 26 heavy (non-hydrogen) atoms. The fraction of sp³-hybridized carbons (Fsp3) is 0.895. The summed E-state index contributed by atoms with van der Waals surface area (Å²) in [5.74, 6) is 0.00184. The normalized spacial score (nSPS) is 16.5. The predicted octanol–water partition coefficient (Wildman–Crippen LogP) is 2.20. The lowest BCUT2D eigenvalue weighted by Crippen LogP contribution is -2.49. The van der Waals surface area contributed by atoms with E-state index < -0.39 is 23.8 Å². The van der Waals surface area contributed by atoms with Crippen molar-refractivity contribution in [2.24, 2.45) is 11.8 Å². The number of aliphatic hydroxyl groups excluding tert-OH is 2. The molecule has 0 aromatic rings. The van der Waals surface area contributed by atoms with Gasteiger partial charge in [-0.2, -0.15) is 0 Å². The van der Waals surface area contributed by atoms with E-state index in [1.54, 1.807) is 20.8 Å². The standard InChI is InChI=1S/C19H38N2O5/c1-8-13(4)15(11-22)20-17(24)10-16(23)14(9-12(2)3)21-18(25)26-19(5,6)7/h12-16,22-23H,8-11H2,1-7H3,(H,20,24)(H,21,25)/t13-,14-,15+,16-/m0/s1. The summed E-state index contributed by atoms with van der Waals surface area (Å²) in [5.41, 5.74) is -0.639. The van der Waals surface area contributed by atoms with E-state index in [2.05, 4.69) is 10.6 Å². The van der Waals surface area contributed by atoms with Gasteiger partial charge in [0.2, 0.25) is 5.91 Å². The Morgan fingerprint density at radius 2 is 1.65 bits per heavy atom. The number of alkyl carbamates (subject to hydrolysis) is 1. The smallest absolute Gasteiger partial charge is 0.407 e. The zero-order valence-corrected chi connectivity index (χ0v) is 17.3. The van der Waals surface area contributed by atoms with Gasteiger partial charge in [0.1, 0.15) is 5.60 Å². The molecule has 0 bridgehead atoms. The maximum absolute atomic E-state index is 12.2. The zero-order chi connectivity index (χ0) is 20.5. The SMILES string of the molecule is CC[C@H](C)[C@@H](CO)NC(=O)C[C@H](O)[C@H](CC(C)C)NC(=O)OC(C)(C)C. The van der Waals surface area contributed by atoms with Crippen LogP contribution in [-0.4, -0.2) is 52.6 Å². The first kappa shape index (κ1) is 24.7. The molecule has 7 heteroatoms. The molecular weight excluding hydrogens is 336 g/mol. The molecule has 0 heterocycles. The molecule has 0 radical (unpaired) electrons. The van der Waals surface area contributed by atoms with Crippen molar-refractivity contribution in [2.45, 2.75) is 91.5 Å². The van der Waals surface area contributed by atoms with Gasteiger partial charge in [0.25, 0.3) is 0 Å². The molecule has 0 aliphatic heterocycles. The average molecular weight is 375 g/mol. The Bertz CT molecular complexity index is 434. The minimum atomic E-state index is -1.04. The number of hydrogen-bond donors (Lipinski definition) is 4. The Morgan fingerprint density at radius 1 is 1.08 bits per heavy atom. The van der Waals surface area contributed by atoms with Gasteiger partial charge in [-0.25, -0.2) is 4.79 Å². The van der Waals surface area contributed by atoms with Gasteiger partial charge in [-0.3, -0.25) is 4.79 Å². The van der Waals surface area contributed by atoms with Crippen molar-refractivity contribution in [1.29, 1.82) is 0 Å². The Morgan fingerprint density at radius 3 is 2.08 bits per heavy atom. The minimum Gasteiger partial charge on any atom is -0.444 e. The molecule has 0 saturated heterocycles. The van der Waals surface area contributed by atoms with Crippen molar-refractivity contribution in [3.8, 4) is 0 Å². The van der Waals surface area contributed by atoms with Crippen LogP contribution in [0.25, 0.3) is 0 Å². The summed E-state index contributed by atoms with van der Waals surface area (Å²) in [5, 5.41) is 25.3. The van der Waals surface area contributed by atoms with Gasteiger partial charge in [0, 0.05) is 0 Å². The number of carbonyl (C=O) groups excluding carboxylic acids is 2. The number of carbonyl (C=O) groups is 2. The monoisotopic (exact) mass is 374 g/mol. The third kappa shape index (κ3) is 10.6. The third-order valence-electron chi connectivity index (χ3n) is 4.16. The topological polar surface area (TPSA) is 108 Å². The summed E-state index contributed by atoms with van der Waals surface area (Å²) in [4.78, 5) is 24.2. The Labute approximate surface area is 157 Å². The van der Waals surface area contributed by atoms with Gasteiger partial charge in [0.15, 0.2) is 0 Å². The van der Waals surface area contributed by atoms with Crippen molar-refractivity contribution in [2.75, 3.05) is 6.61 Å². The second-order valence-corrected chi connectivity index (χ2v) is 8.40. The molecule has 154 valence electrons. The average Bonchev–Trinajstić information content (AvgIpc) is 2.48. The van der Waals surface area contributed by atoms with E-state index in [0.29, 0.717) is 6.42 Å². The lowest BCUT2D eigenvalue weighted by atomic mass is 9.96. The largest absolute Gasteiger partial charge is 0.444 e. The fourth-order valence-electron chi connectivity index (χ4n) is 2.53. The first-order valence-electron chi connectivity index (χ1n) is 9.47. The summed E-state index contributed by atoms with van der Waals surface area (Å²) < 4.78 is 5.24. The van der Waals surface area contributed by atoms with Crippen LogP contribution >= 0.6 is 0 Å². The molecule has 0 unspecified atom stereocenters. The van der Waals surface area contributed by atoms with E-state index in [4.69, 9.17) is 4.74 Å². The highest BCUT2D eigenvalue weighted by Crippen LogP contribution is 2.14. The van der Waals surface area contributed by atoms with E-state index in [1.165, 1.54) is 0 Å². The van der Waals surface area contributed by atoms with Crippen LogP contribution in [-0.2, 0) is 9.53 Å². The molecule has 0 aromatic carbocycles. The van der Waals surface area contributed by atoms with Gasteiger partial charge in [-0.15, -0.1) is 0 Å². The number of amides is 2. The highest BCUT2D eigenvalue weighted by molar-refractivity contribution is 5.77. The molecule has 0 aliphatic rings. The van der Waals surface area contributed by atoms with E-state index in [0.717, 1.165) is 6.42 Å². The van der Waals surface area contributed by atoms with Crippen LogP contribution in [0.5, 0.6) is 0 Å². The molecule has 4 N–H and O–H groups in total. The van der Waals surface area contributed by atoms with Crippen LogP contribution in [0.1, 0.15) is 67.7 Å². The zero-order valence-electron chi connectivity index (χ0n) is 17.3. The summed E-state index contributed by atoms with van der Waals surface area (Å²) in [6.45, 7) is 13.0. The number of aliphatic hydroxyl groups is 2. The number of hydrogen-bond acceptors (Lipinski definition) is 5. The first-order chi connectivity index (χ1) is 11.9. The van der Waals surface area contributed by atoms with Gasteiger partial charge in [0.05, 0.1) is 31.2 Å². The van der Waals surface area contributed by atoms with E-state index in [-0.39, 0.29) is 36.8 Å². The fourth-order valence-corrected chi connectivity index (χ4v) is 2.53. The van der Waals surface area contributed by atoms with Crippen LogP contribution in [0.15, 0.2) is 0 Å². The van der Waals surface area contributed by atoms with Crippen molar-refractivity contribution in [3.05, 3.63) is 0 Å². The summed E-state index contributed by atoms with van der Waals surface area (Å²) in [6, 6.07) is -0.936. The quantitative estimate of drug-likeness (QED) is 0.469. The second-order valence-electron chi connectivity index (χ2n) is 8.40. The summed E-state index contributed by atoms with van der Waals surface area (Å²) in [6.07, 6.45) is -0.469. The molecule has 7 nitrogen and oxygen atoms in total. The molecule has 0 spiro atoms. The lowest BCUT2D eigenvalue weighted by Gasteiger charge is -2.28.